The van der Waals surface area contributed by atoms with Crippen molar-refractivity contribution in [1.29, 1.82) is 0 Å². The van der Waals surface area contributed by atoms with Gasteiger partial charge in [0.15, 0.2) is 0 Å². The van der Waals surface area contributed by atoms with Crippen molar-refractivity contribution in [3.63, 3.8) is 0 Å². The SMILES string of the molecule is Cc1ccc(NC(=O)CN(C)C(=O)c2cccnc2Cl)cc1. The topological polar surface area (TPSA) is 62.3 Å². The fraction of sp³-hybridized carbons (Fsp3) is 0.188. The molecule has 0 aliphatic rings. The summed E-state index contributed by atoms with van der Waals surface area (Å²) in [6.07, 6.45) is 1.50. The lowest BCUT2D eigenvalue weighted by Gasteiger charge is -2.17. The molecular weight excluding hydrogens is 302 g/mol. The van der Waals surface area contributed by atoms with Gasteiger partial charge >= 0.3 is 0 Å². The van der Waals surface area contributed by atoms with Crippen molar-refractivity contribution in [3.8, 4) is 0 Å². The lowest BCUT2D eigenvalue weighted by Crippen LogP contribution is -2.35. The van der Waals surface area contributed by atoms with E-state index in [1.54, 1.807) is 19.2 Å². The van der Waals surface area contributed by atoms with Crippen LogP contribution < -0.4 is 5.32 Å². The van der Waals surface area contributed by atoms with Crippen molar-refractivity contribution in [2.24, 2.45) is 0 Å². The van der Waals surface area contributed by atoms with E-state index >= 15 is 0 Å². The molecule has 0 aliphatic carbocycles. The van der Waals surface area contributed by atoms with Crippen LogP contribution in [-0.4, -0.2) is 35.3 Å². The molecule has 0 saturated carbocycles. The quantitative estimate of drug-likeness (QED) is 0.882. The Kier molecular flexibility index (Phi) is 5.12. The van der Waals surface area contributed by atoms with E-state index in [1.807, 2.05) is 31.2 Å². The Labute approximate surface area is 133 Å². The zero-order chi connectivity index (χ0) is 16.1. The first-order valence-corrected chi connectivity index (χ1v) is 7.07. The largest absolute Gasteiger partial charge is 0.332 e. The minimum Gasteiger partial charge on any atom is -0.332 e. The molecule has 5 nitrogen and oxygen atoms in total. The van der Waals surface area contributed by atoms with Crippen LogP contribution in [0.15, 0.2) is 42.6 Å². The fourth-order valence-corrected chi connectivity index (χ4v) is 2.08. The molecule has 0 radical (unpaired) electrons. The van der Waals surface area contributed by atoms with Crippen LogP contribution in [0, 0.1) is 6.92 Å². The molecule has 0 unspecified atom stereocenters. The number of aryl methyl sites for hydroxylation is 1. The Balaban J connectivity index is 1.97. The third-order valence-electron chi connectivity index (χ3n) is 3.05. The van der Waals surface area contributed by atoms with Gasteiger partial charge in [-0.25, -0.2) is 4.98 Å². The number of carbonyl (C=O) groups excluding carboxylic acids is 2. The summed E-state index contributed by atoms with van der Waals surface area (Å²) >= 11 is 5.89. The number of rotatable bonds is 4. The molecule has 0 fully saturated rings. The molecule has 0 spiro atoms. The molecule has 1 N–H and O–H groups in total. The minimum atomic E-state index is -0.350. The first kappa shape index (κ1) is 16.0. The molecule has 0 saturated heterocycles. The van der Waals surface area contributed by atoms with E-state index in [2.05, 4.69) is 10.3 Å². The zero-order valence-electron chi connectivity index (χ0n) is 12.3. The number of benzene rings is 1. The van der Waals surface area contributed by atoms with Gasteiger partial charge in [0, 0.05) is 18.9 Å². The van der Waals surface area contributed by atoms with Gasteiger partial charge in [0.2, 0.25) is 5.91 Å². The molecule has 1 heterocycles. The molecule has 22 heavy (non-hydrogen) atoms. The van der Waals surface area contributed by atoms with Crippen LogP contribution in [0.2, 0.25) is 5.15 Å². The Bertz CT molecular complexity index is 686. The average molecular weight is 318 g/mol. The normalized spacial score (nSPS) is 10.1. The van der Waals surface area contributed by atoms with Crippen LogP contribution >= 0.6 is 11.6 Å². The second-order valence-corrected chi connectivity index (χ2v) is 5.28. The maximum Gasteiger partial charge on any atom is 0.257 e. The third kappa shape index (κ3) is 4.05. The van der Waals surface area contributed by atoms with Gasteiger partial charge in [-0.2, -0.15) is 0 Å². The highest BCUT2D eigenvalue weighted by Crippen LogP contribution is 2.14. The van der Waals surface area contributed by atoms with Gasteiger partial charge in [-0.05, 0) is 31.2 Å². The zero-order valence-corrected chi connectivity index (χ0v) is 13.1. The number of nitrogens with one attached hydrogen (secondary N) is 1. The van der Waals surface area contributed by atoms with Crippen LogP contribution in [0.25, 0.3) is 0 Å². The molecule has 1 aromatic heterocycles. The molecule has 1 aromatic carbocycles. The van der Waals surface area contributed by atoms with Crippen LogP contribution in [0.5, 0.6) is 0 Å². The molecule has 6 heteroatoms. The highest BCUT2D eigenvalue weighted by Gasteiger charge is 2.17. The highest BCUT2D eigenvalue weighted by molar-refractivity contribution is 6.32. The van der Waals surface area contributed by atoms with E-state index in [0.29, 0.717) is 5.69 Å². The summed E-state index contributed by atoms with van der Waals surface area (Å²) in [5.41, 5.74) is 2.07. The van der Waals surface area contributed by atoms with E-state index < -0.39 is 0 Å². The van der Waals surface area contributed by atoms with Gasteiger partial charge in [-0.1, -0.05) is 29.3 Å². The summed E-state index contributed by atoms with van der Waals surface area (Å²) < 4.78 is 0. The van der Waals surface area contributed by atoms with Crippen molar-refractivity contribution in [2.45, 2.75) is 6.92 Å². The molecular formula is C16H16ClN3O2. The number of nitrogens with zero attached hydrogens (tertiary/aromatic N) is 2. The van der Waals surface area contributed by atoms with Crippen molar-refractivity contribution < 1.29 is 9.59 Å². The Morgan fingerprint density at radius 1 is 1.23 bits per heavy atom. The van der Waals surface area contributed by atoms with E-state index in [0.717, 1.165) is 5.56 Å². The lowest BCUT2D eigenvalue weighted by molar-refractivity contribution is -0.116. The van der Waals surface area contributed by atoms with E-state index in [1.165, 1.54) is 11.1 Å². The number of likely N-dealkylation sites (N-methyl/N-ethyl adjacent to an activating group) is 1. The van der Waals surface area contributed by atoms with Gasteiger partial charge in [0.05, 0.1) is 12.1 Å². The highest BCUT2D eigenvalue weighted by atomic mass is 35.5. The van der Waals surface area contributed by atoms with Crippen molar-refractivity contribution in [2.75, 3.05) is 18.9 Å². The maximum atomic E-state index is 12.2. The number of carbonyl (C=O) groups is 2. The number of hydrogen-bond donors (Lipinski definition) is 1. The summed E-state index contributed by atoms with van der Waals surface area (Å²) in [6.45, 7) is 1.90. The summed E-state index contributed by atoms with van der Waals surface area (Å²) in [5.74, 6) is -0.628. The van der Waals surface area contributed by atoms with E-state index in [4.69, 9.17) is 11.6 Å². The molecule has 2 amide bonds. The number of aromatic nitrogens is 1. The Morgan fingerprint density at radius 3 is 2.55 bits per heavy atom. The first-order valence-electron chi connectivity index (χ1n) is 6.70. The van der Waals surface area contributed by atoms with Crippen LogP contribution in [-0.2, 0) is 4.79 Å². The van der Waals surface area contributed by atoms with E-state index in [9.17, 15) is 9.59 Å². The lowest BCUT2D eigenvalue weighted by atomic mass is 10.2. The minimum absolute atomic E-state index is 0.0715. The van der Waals surface area contributed by atoms with Crippen LogP contribution in [0.3, 0.4) is 0 Å². The Morgan fingerprint density at radius 2 is 1.91 bits per heavy atom. The van der Waals surface area contributed by atoms with Crippen molar-refractivity contribution in [3.05, 3.63) is 58.9 Å². The predicted molar refractivity (Wildman–Crippen MR) is 86.0 cm³/mol. The summed E-state index contributed by atoms with van der Waals surface area (Å²) in [6, 6.07) is 10.6. The Hall–Kier alpha value is -2.40. The summed E-state index contributed by atoms with van der Waals surface area (Å²) in [7, 11) is 1.54. The molecule has 0 atom stereocenters. The molecule has 0 bridgehead atoms. The summed E-state index contributed by atoms with van der Waals surface area (Å²) in [4.78, 5) is 29.3. The molecule has 2 aromatic rings. The smallest absolute Gasteiger partial charge is 0.257 e. The van der Waals surface area contributed by atoms with Crippen molar-refractivity contribution >= 4 is 29.1 Å². The van der Waals surface area contributed by atoms with E-state index in [-0.39, 0.29) is 29.1 Å². The number of halogens is 1. The maximum absolute atomic E-state index is 12.2. The second kappa shape index (κ2) is 7.04. The van der Waals surface area contributed by atoms with Gasteiger partial charge < -0.3 is 10.2 Å². The summed E-state index contributed by atoms with van der Waals surface area (Å²) in [5, 5.41) is 2.86. The number of anilines is 1. The number of amides is 2. The third-order valence-corrected chi connectivity index (χ3v) is 3.35. The molecule has 2 rings (SSSR count). The number of pyridine rings is 1. The first-order chi connectivity index (χ1) is 10.5. The predicted octanol–water partition coefficient (Wildman–Crippen LogP) is 2.75. The van der Waals surface area contributed by atoms with Gasteiger partial charge in [-0.15, -0.1) is 0 Å². The second-order valence-electron chi connectivity index (χ2n) is 4.92. The van der Waals surface area contributed by atoms with Crippen LogP contribution in [0.4, 0.5) is 5.69 Å². The van der Waals surface area contributed by atoms with Gasteiger partial charge in [-0.3, -0.25) is 9.59 Å². The fourth-order valence-electron chi connectivity index (χ4n) is 1.88. The molecule has 114 valence electrons. The van der Waals surface area contributed by atoms with Gasteiger partial charge in [0.1, 0.15) is 5.15 Å². The monoisotopic (exact) mass is 317 g/mol. The average Bonchev–Trinajstić information content (AvgIpc) is 2.49. The van der Waals surface area contributed by atoms with Gasteiger partial charge in [0.25, 0.3) is 5.91 Å². The standard InChI is InChI=1S/C16H16ClN3O2/c1-11-5-7-12(8-6-11)19-14(21)10-20(2)16(22)13-4-3-9-18-15(13)17/h3-9H,10H2,1-2H3,(H,19,21). The molecule has 0 aliphatic heterocycles. The van der Waals surface area contributed by atoms with Crippen molar-refractivity contribution in [1.82, 2.24) is 9.88 Å². The number of hydrogen-bond acceptors (Lipinski definition) is 3. The van der Waals surface area contributed by atoms with Crippen LogP contribution in [0.1, 0.15) is 15.9 Å².